The highest BCUT2D eigenvalue weighted by Crippen LogP contribution is 2.36. The van der Waals surface area contributed by atoms with Crippen LogP contribution < -0.4 is 9.64 Å². The maximum Gasteiger partial charge on any atom is 0.316 e. The largest absolute Gasteiger partial charge is 0.467 e. The number of ether oxygens (including phenoxy) is 1. The summed E-state index contributed by atoms with van der Waals surface area (Å²) in [5.74, 6) is 0.678. The molecular formula is C33H51ClN4O2S. The number of anilines is 1. The maximum atomic E-state index is 6.57. The Morgan fingerprint density at radius 3 is 2.20 bits per heavy atom. The normalized spacial score (nSPS) is 14.6. The second-order valence-electron chi connectivity index (χ2n) is 11.0. The van der Waals surface area contributed by atoms with Crippen LogP contribution in [0.2, 0.25) is 5.02 Å². The molecule has 6 nitrogen and oxygen atoms in total. The van der Waals surface area contributed by atoms with Crippen LogP contribution in [0.15, 0.2) is 36.4 Å². The van der Waals surface area contributed by atoms with E-state index in [1.54, 1.807) is 7.11 Å². The van der Waals surface area contributed by atoms with Gasteiger partial charge >= 0.3 is 6.01 Å². The maximum absolute atomic E-state index is 6.57. The molecule has 0 unspecified atom stereocenters. The number of benzene rings is 2. The zero-order valence-electron chi connectivity index (χ0n) is 26.7. The summed E-state index contributed by atoms with van der Waals surface area (Å²) < 4.78 is 11.2. The van der Waals surface area contributed by atoms with E-state index in [-0.39, 0.29) is 5.41 Å². The first-order valence-corrected chi connectivity index (χ1v) is 16.3. The number of fused-ring (bicyclic) bond motifs is 2. The molecule has 41 heavy (non-hydrogen) atoms. The molecule has 228 valence electrons. The molecule has 0 saturated carbocycles. The van der Waals surface area contributed by atoms with E-state index in [0.29, 0.717) is 24.9 Å². The highest BCUT2D eigenvalue weighted by molar-refractivity contribution is 7.93. The van der Waals surface area contributed by atoms with Crippen LogP contribution in [0.1, 0.15) is 78.3 Å². The van der Waals surface area contributed by atoms with Gasteiger partial charge in [0.05, 0.1) is 42.4 Å². The van der Waals surface area contributed by atoms with Gasteiger partial charge in [-0.1, -0.05) is 84.3 Å². The van der Waals surface area contributed by atoms with Crippen LogP contribution >= 0.6 is 23.6 Å². The van der Waals surface area contributed by atoms with Gasteiger partial charge < -0.3 is 18.7 Å². The SMILES string of the molecule is CC.CC.CN1CCCC1.COc1nc(CSOCC(C)(C)C)c2c(n1)CN(c1cccc3cccc(Cl)c13)CC2. The first-order chi connectivity index (χ1) is 19.7. The third-order valence-corrected chi connectivity index (χ3v) is 7.58. The van der Waals surface area contributed by atoms with Crippen LogP contribution in [0.5, 0.6) is 6.01 Å². The Balaban J connectivity index is 0.000000507. The quantitative estimate of drug-likeness (QED) is 0.206. The molecular weight excluding hydrogens is 552 g/mol. The van der Waals surface area contributed by atoms with Crippen molar-refractivity contribution in [1.82, 2.24) is 14.9 Å². The molecule has 5 rings (SSSR count). The average molecular weight is 603 g/mol. The minimum atomic E-state index is 0.135. The van der Waals surface area contributed by atoms with E-state index in [9.17, 15) is 0 Å². The molecule has 1 saturated heterocycles. The van der Waals surface area contributed by atoms with Gasteiger partial charge in [-0.05, 0) is 74.4 Å². The van der Waals surface area contributed by atoms with E-state index in [2.05, 4.69) is 71.9 Å². The summed E-state index contributed by atoms with van der Waals surface area (Å²) in [5, 5.41) is 3.00. The summed E-state index contributed by atoms with van der Waals surface area (Å²) in [6.07, 6.45) is 3.70. The van der Waals surface area contributed by atoms with Crippen molar-refractivity contribution < 1.29 is 8.92 Å². The number of hydrogen-bond acceptors (Lipinski definition) is 7. The minimum Gasteiger partial charge on any atom is -0.467 e. The molecule has 0 radical (unpaired) electrons. The molecule has 3 aromatic rings. The van der Waals surface area contributed by atoms with Crippen molar-refractivity contribution >= 4 is 40.1 Å². The second-order valence-corrected chi connectivity index (χ2v) is 12.1. The van der Waals surface area contributed by atoms with Crippen molar-refractivity contribution in [2.75, 3.05) is 45.3 Å². The first-order valence-electron chi connectivity index (χ1n) is 15.0. The Hall–Kier alpha value is -2.06. The highest BCUT2D eigenvalue weighted by Gasteiger charge is 2.24. The number of hydrogen-bond donors (Lipinski definition) is 0. The number of rotatable bonds is 6. The first kappa shape index (κ1) is 35.1. The molecule has 1 fully saturated rings. The van der Waals surface area contributed by atoms with Gasteiger partial charge in [0.15, 0.2) is 0 Å². The molecule has 0 bridgehead atoms. The van der Waals surface area contributed by atoms with Gasteiger partial charge in [0.2, 0.25) is 0 Å². The van der Waals surface area contributed by atoms with Crippen LogP contribution in [-0.4, -0.2) is 55.3 Å². The van der Waals surface area contributed by atoms with Crippen molar-refractivity contribution in [2.24, 2.45) is 5.41 Å². The van der Waals surface area contributed by atoms with Gasteiger partial charge in [0, 0.05) is 23.2 Å². The number of halogens is 1. The lowest BCUT2D eigenvalue weighted by molar-refractivity contribution is 0.227. The van der Waals surface area contributed by atoms with Gasteiger partial charge in [0.25, 0.3) is 0 Å². The van der Waals surface area contributed by atoms with Crippen LogP contribution in [0.25, 0.3) is 10.8 Å². The third kappa shape index (κ3) is 10.6. The van der Waals surface area contributed by atoms with E-state index in [1.165, 1.54) is 43.5 Å². The Bertz CT molecular complexity index is 1190. The predicted octanol–water partition coefficient (Wildman–Crippen LogP) is 8.83. The van der Waals surface area contributed by atoms with Gasteiger partial charge in [-0.3, -0.25) is 0 Å². The van der Waals surface area contributed by atoms with Crippen molar-refractivity contribution in [3.05, 3.63) is 58.4 Å². The number of nitrogens with zero attached hydrogens (tertiary/aromatic N) is 4. The smallest absolute Gasteiger partial charge is 0.316 e. The van der Waals surface area contributed by atoms with Gasteiger partial charge in [-0.25, -0.2) is 0 Å². The molecule has 8 heteroatoms. The number of aromatic nitrogens is 2. The van der Waals surface area contributed by atoms with Crippen LogP contribution in [0.3, 0.4) is 0 Å². The summed E-state index contributed by atoms with van der Waals surface area (Å²) >= 11 is 8.02. The zero-order chi connectivity index (χ0) is 30.4. The molecule has 0 amide bonds. The van der Waals surface area contributed by atoms with E-state index in [1.807, 2.05) is 39.8 Å². The van der Waals surface area contributed by atoms with Crippen molar-refractivity contribution in [3.8, 4) is 6.01 Å². The van der Waals surface area contributed by atoms with Crippen molar-refractivity contribution in [3.63, 3.8) is 0 Å². The molecule has 2 aliphatic rings. The molecule has 1 aromatic heterocycles. The van der Waals surface area contributed by atoms with Crippen LogP contribution in [-0.2, 0) is 22.9 Å². The van der Waals surface area contributed by atoms with Crippen LogP contribution in [0.4, 0.5) is 5.69 Å². The Morgan fingerprint density at radius 1 is 0.951 bits per heavy atom. The van der Waals surface area contributed by atoms with E-state index >= 15 is 0 Å². The molecule has 2 aliphatic heterocycles. The van der Waals surface area contributed by atoms with Crippen molar-refractivity contribution in [1.29, 1.82) is 0 Å². The van der Waals surface area contributed by atoms with E-state index < -0.39 is 0 Å². The van der Waals surface area contributed by atoms with Gasteiger partial charge in [0.1, 0.15) is 0 Å². The average Bonchev–Trinajstić information content (AvgIpc) is 3.47. The lowest BCUT2D eigenvalue weighted by Gasteiger charge is -2.32. The molecule has 0 N–H and O–H groups in total. The number of methoxy groups -OCH3 is 1. The third-order valence-electron chi connectivity index (χ3n) is 6.59. The minimum absolute atomic E-state index is 0.135. The highest BCUT2D eigenvalue weighted by atomic mass is 35.5. The molecule has 0 aliphatic carbocycles. The lowest BCUT2D eigenvalue weighted by Crippen LogP contribution is -2.32. The van der Waals surface area contributed by atoms with Gasteiger partial charge in [-0.2, -0.15) is 9.97 Å². The fourth-order valence-corrected chi connectivity index (χ4v) is 5.78. The molecule has 0 spiro atoms. The summed E-state index contributed by atoms with van der Waals surface area (Å²) in [6, 6.07) is 12.8. The monoisotopic (exact) mass is 602 g/mol. The summed E-state index contributed by atoms with van der Waals surface area (Å²) in [5.41, 5.74) is 4.48. The second kappa shape index (κ2) is 17.8. The van der Waals surface area contributed by atoms with Crippen LogP contribution in [0, 0.1) is 5.41 Å². The summed E-state index contributed by atoms with van der Waals surface area (Å²) in [7, 11) is 3.78. The number of likely N-dealkylation sites (tertiary alicyclic amines) is 1. The fraction of sp³-hybridized carbons (Fsp3) is 0.576. The lowest BCUT2D eigenvalue weighted by atomic mass is 9.99. The van der Waals surface area contributed by atoms with E-state index in [0.717, 1.165) is 45.8 Å². The molecule has 2 aromatic carbocycles. The summed E-state index contributed by atoms with van der Waals surface area (Å²) in [4.78, 5) is 14.0. The standard InChI is InChI=1S/C24H28ClN3O2S.C5H11N.2C2H6/c1-24(2,3)15-30-31-14-20-17-11-12-28(13-19(17)26-23(27-20)29-4)21-10-6-8-16-7-5-9-18(25)22(16)21;1-6-4-2-3-5-6;2*1-2/h5-10H,11-15H2,1-4H3;2-5H2,1H3;2*1-2H3. The topological polar surface area (TPSA) is 50.7 Å². The molecule has 3 heterocycles. The predicted molar refractivity (Wildman–Crippen MR) is 178 cm³/mol. The Labute approximate surface area is 258 Å². The fourth-order valence-electron chi connectivity index (χ4n) is 4.63. The van der Waals surface area contributed by atoms with Gasteiger partial charge in [-0.15, -0.1) is 0 Å². The Kier molecular flexibility index (Phi) is 15.2. The zero-order valence-corrected chi connectivity index (χ0v) is 28.3. The summed E-state index contributed by atoms with van der Waals surface area (Å²) in [6.45, 7) is 19.4. The van der Waals surface area contributed by atoms with E-state index in [4.69, 9.17) is 20.5 Å². The Morgan fingerprint density at radius 2 is 1.61 bits per heavy atom. The molecule has 0 atom stereocenters. The van der Waals surface area contributed by atoms with Crippen molar-refractivity contribution in [2.45, 2.75) is 80.0 Å².